The van der Waals surface area contributed by atoms with E-state index in [-0.39, 0.29) is 6.42 Å². The van der Waals surface area contributed by atoms with Gasteiger partial charge in [0.05, 0.1) is 6.42 Å². The first-order valence-electron chi connectivity index (χ1n) is 11.2. The lowest BCUT2D eigenvalue weighted by atomic mass is 9.81. The number of aliphatic carboxylic acids is 1. The highest BCUT2D eigenvalue weighted by Crippen LogP contribution is 2.37. The summed E-state index contributed by atoms with van der Waals surface area (Å²) >= 11 is 0. The van der Waals surface area contributed by atoms with Gasteiger partial charge in [-0.1, -0.05) is 44.4 Å². The van der Waals surface area contributed by atoms with Crippen LogP contribution in [0.2, 0.25) is 0 Å². The number of hydrogen-bond acceptors (Lipinski definition) is 3. The topological polar surface area (TPSA) is 62.5 Å². The largest absolute Gasteiger partial charge is 0.481 e. The van der Waals surface area contributed by atoms with Crippen LogP contribution in [0.1, 0.15) is 68.1 Å². The van der Waals surface area contributed by atoms with Gasteiger partial charge in [0.1, 0.15) is 11.3 Å². The summed E-state index contributed by atoms with van der Waals surface area (Å²) in [4.78, 5) is 10.6. The molecule has 0 saturated heterocycles. The lowest BCUT2D eigenvalue weighted by Crippen LogP contribution is -2.17. The van der Waals surface area contributed by atoms with Gasteiger partial charge in [-0.2, -0.15) is 0 Å². The zero-order valence-electron chi connectivity index (χ0n) is 17.7. The molecule has 2 aromatic carbocycles. The van der Waals surface area contributed by atoms with Gasteiger partial charge in [0.25, 0.3) is 0 Å². The molecule has 2 N–H and O–H groups in total. The number of carbonyl (C=O) groups is 1. The number of aryl methyl sites for hydroxylation is 1. The van der Waals surface area contributed by atoms with E-state index < -0.39 is 5.97 Å². The van der Waals surface area contributed by atoms with E-state index in [1.807, 2.05) is 12.1 Å². The van der Waals surface area contributed by atoms with Crippen LogP contribution in [0.25, 0.3) is 22.3 Å². The molecule has 1 fully saturated rings. The molecule has 0 spiro atoms. The van der Waals surface area contributed by atoms with E-state index >= 15 is 0 Å². The van der Waals surface area contributed by atoms with E-state index in [9.17, 15) is 4.79 Å². The van der Waals surface area contributed by atoms with Crippen LogP contribution in [0.15, 0.2) is 46.9 Å². The molecule has 158 valence electrons. The molecule has 30 heavy (non-hydrogen) atoms. The van der Waals surface area contributed by atoms with Gasteiger partial charge in [-0.25, -0.2) is 0 Å². The number of furan rings is 1. The molecule has 0 unspecified atom stereocenters. The summed E-state index contributed by atoms with van der Waals surface area (Å²) in [6.07, 6.45) is 7.91. The molecule has 1 heterocycles. The molecule has 4 heteroatoms. The number of benzene rings is 2. The Balaban J connectivity index is 1.53. The van der Waals surface area contributed by atoms with Gasteiger partial charge in [-0.05, 0) is 66.1 Å². The Labute approximate surface area is 178 Å². The maximum atomic E-state index is 10.6. The predicted molar refractivity (Wildman–Crippen MR) is 121 cm³/mol. The van der Waals surface area contributed by atoms with Gasteiger partial charge in [0.2, 0.25) is 0 Å². The maximum absolute atomic E-state index is 10.6. The number of hydrogen-bond donors (Lipinski definition) is 2. The minimum Gasteiger partial charge on any atom is -0.481 e. The van der Waals surface area contributed by atoms with Crippen molar-refractivity contribution in [3.8, 4) is 11.3 Å². The van der Waals surface area contributed by atoms with Gasteiger partial charge >= 0.3 is 5.97 Å². The van der Waals surface area contributed by atoms with Crippen molar-refractivity contribution in [1.29, 1.82) is 0 Å². The standard InChI is InChI=1S/C26H31NO3/c1-2-19-15-21(9-10-23(19)20-6-4-3-5-7-20)25-16-22-14-18(8-11-24(22)30-25)17-27-13-12-26(28)29/h8-11,14-16,20,27H,2-7,12-13,17H2,1H3,(H,28,29). The molecule has 0 aliphatic heterocycles. The zero-order chi connectivity index (χ0) is 20.9. The molecule has 4 rings (SSSR count). The van der Waals surface area contributed by atoms with Crippen LogP contribution in [0.3, 0.4) is 0 Å². The van der Waals surface area contributed by atoms with Crippen molar-refractivity contribution in [2.75, 3.05) is 6.54 Å². The van der Waals surface area contributed by atoms with E-state index in [1.54, 1.807) is 0 Å². The second-order valence-electron chi connectivity index (χ2n) is 8.41. The molecule has 0 bridgehead atoms. The van der Waals surface area contributed by atoms with Crippen LogP contribution in [-0.2, 0) is 17.8 Å². The van der Waals surface area contributed by atoms with E-state index in [0.29, 0.717) is 13.1 Å². The summed E-state index contributed by atoms with van der Waals surface area (Å²) < 4.78 is 6.15. The van der Waals surface area contributed by atoms with Crippen molar-refractivity contribution in [3.63, 3.8) is 0 Å². The van der Waals surface area contributed by atoms with Crippen molar-refractivity contribution in [2.45, 2.75) is 64.3 Å². The molecule has 1 aliphatic carbocycles. The molecule has 0 radical (unpaired) electrons. The Morgan fingerprint density at radius 1 is 1.10 bits per heavy atom. The number of carboxylic acids is 1. The van der Waals surface area contributed by atoms with Crippen molar-refractivity contribution in [2.24, 2.45) is 0 Å². The van der Waals surface area contributed by atoms with Crippen molar-refractivity contribution in [1.82, 2.24) is 5.32 Å². The summed E-state index contributed by atoms with van der Waals surface area (Å²) in [6, 6.07) is 15.1. The number of nitrogens with one attached hydrogen (secondary N) is 1. The predicted octanol–water partition coefficient (Wildman–Crippen LogP) is 6.27. The highest BCUT2D eigenvalue weighted by molar-refractivity contribution is 5.83. The number of carboxylic acid groups (broad SMARTS) is 1. The third kappa shape index (κ3) is 4.76. The third-order valence-electron chi connectivity index (χ3n) is 6.28. The van der Waals surface area contributed by atoms with Gasteiger partial charge in [0.15, 0.2) is 0 Å². The molecule has 1 aromatic heterocycles. The van der Waals surface area contributed by atoms with E-state index in [2.05, 4.69) is 42.6 Å². The van der Waals surface area contributed by atoms with Crippen molar-refractivity contribution >= 4 is 16.9 Å². The number of fused-ring (bicyclic) bond motifs is 1. The van der Waals surface area contributed by atoms with Crippen LogP contribution < -0.4 is 5.32 Å². The lowest BCUT2D eigenvalue weighted by Gasteiger charge is -2.24. The zero-order valence-corrected chi connectivity index (χ0v) is 17.7. The van der Waals surface area contributed by atoms with E-state index in [0.717, 1.165) is 40.2 Å². The molecular formula is C26H31NO3. The van der Waals surface area contributed by atoms with Crippen LogP contribution in [0.5, 0.6) is 0 Å². The molecule has 0 atom stereocenters. The first kappa shape index (κ1) is 20.7. The first-order valence-corrected chi connectivity index (χ1v) is 11.2. The fourth-order valence-electron chi connectivity index (χ4n) is 4.65. The fraction of sp³-hybridized carbons (Fsp3) is 0.423. The minimum atomic E-state index is -0.779. The summed E-state index contributed by atoms with van der Waals surface area (Å²) in [5, 5.41) is 13.0. The Morgan fingerprint density at radius 2 is 1.93 bits per heavy atom. The Bertz CT molecular complexity index is 1010. The SMILES string of the molecule is CCc1cc(-c2cc3cc(CNCCC(=O)O)ccc3o2)ccc1C1CCCCC1. The quantitative estimate of drug-likeness (QED) is 0.433. The highest BCUT2D eigenvalue weighted by atomic mass is 16.4. The van der Waals surface area contributed by atoms with E-state index in [1.165, 1.54) is 43.2 Å². The van der Waals surface area contributed by atoms with Gasteiger partial charge in [-0.15, -0.1) is 0 Å². The third-order valence-corrected chi connectivity index (χ3v) is 6.28. The lowest BCUT2D eigenvalue weighted by molar-refractivity contribution is -0.136. The van der Waals surface area contributed by atoms with Gasteiger partial charge in [0, 0.05) is 24.0 Å². The van der Waals surface area contributed by atoms with Gasteiger partial charge in [-0.3, -0.25) is 4.79 Å². The molecule has 0 amide bonds. The second-order valence-corrected chi connectivity index (χ2v) is 8.41. The van der Waals surface area contributed by atoms with Crippen LogP contribution in [-0.4, -0.2) is 17.6 Å². The fourth-order valence-corrected chi connectivity index (χ4v) is 4.65. The van der Waals surface area contributed by atoms with Crippen LogP contribution in [0, 0.1) is 0 Å². The van der Waals surface area contributed by atoms with Crippen LogP contribution >= 0.6 is 0 Å². The monoisotopic (exact) mass is 405 g/mol. The van der Waals surface area contributed by atoms with Crippen molar-refractivity contribution < 1.29 is 14.3 Å². The molecule has 4 nitrogen and oxygen atoms in total. The van der Waals surface area contributed by atoms with Crippen molar-refractivity contribution in [3.05, 3.63) is 59.2 Å². The normalized spacial score (nSPS) is 15.0. The smallest absolute Gasteiger partial charge is 0.304 e. The summed E-state index contributed by atoms with van der Waals surface area (Å²) in [5.41, 5.74) is 6.13. The molecule has 3 aromatic rings. The Hall–Kier alpha value is -2.59. The Kier molecular flexibility index (Phi) is 6.53. The van der Waals surface area contributed by atoms with Crippen LogP contribution in [0.4, 0.5) is 0 Å². The molecular weight excluding hydrogens is 374 g/mol. The van der Waals surface area contributed by atoms with E-state index in [4.69, 9.17) is 9.52 Å². The second kappa shape index (κ2) is 9.48. The average molecular weight is 406 g/mol. The average Bonchev–Trinajstić information content (AvgIpc) is 3.20. The Morgan fingerprint density at radius 3 is 2.70 bits per heavy atom. The van der Waals surface area contributed by atoms with Gasteiger partial charge < -0.3 is 14.8 Å². The summed E-state index contributed by atoms with van der Waals surface area (Å²) in [6.45, 7) is 3.37. The molecule has 1 aliphatic rings. The summed E-state index contributed by atoms with van der Waals surface area (Å²) in [5.74, 6) is 0.846. The first-order chi connectivity index (χ1) is 14.6. The highest BCUT2D eigenvalue weighted by Gasteiger charge is 2.19. The number of rotatable bonds is 8. The summed E-state index contributed by atoms with van der Waals surface area (Å²) in [7, 11) is 0. The molecule has 1 saturated carbocycles. The maximum Gasteiger partial charge on any atom is 0.304 e. The minimum absolute atomic E-state index is 0.134.